The van der Waals surface area contributed by atoms with Crippen molar-refractivity contribution in [2.75, 3.05) is 6.54 Å². The van der Waals surface area contributed by atoms with Crippen LogP contribution in [0.4, 0.5) is 0 Å². The van der Waals surface area contributed by atoms with Crippen LogP contribution in [0.2, 0.25) is 0 Å². The Labute approximate surface area is 81.8 Å². The molecule has 2 heteroatoms. The van der Waals surface area contributed by atoms with Gasteiger partial charge in [0.25, 0.3) is 0 Å². The Morgan fingerprint density at radius 3 is 2.31 bits per heavy atom. The van der Waals surface area contributed by atoms with E-state index >= 15 is 0 Å². The summed E-state index contributed by atoms with van der Waals surface area (Å²) < 4.78 is 6.16. The summed E-state index contributed by atoms with van der Waals surface area (Å²) in [6.07, 6.45) is 3.30. The molecule has 1 aliphatic rings. The molecule has 0 aromatic heterocycles. The Balaban J connectivity index is 2.61. The van der Waals surface area contributed by atoms with Gasteiger partial charge in [-0.2, -0.15) is 0 Å². The highest BCUT2D eigenvalue weighted by molar-refractivity contribution is 4.94. The molecule has 1 fully saturated rings. The predicted octanol–water partition coefficient (Wildman–Crippen LogP) is 2.32. The van der Waals surface area contributed by atoms with Crippen LogP contribution in [-0.2, 0) is 4.74 Å². The fourth-order valence-corrected chi connectivity index (χ4v) is 2.07. The molecule has 1 rings (SSSR count). The van der Waals surface area contributed by atoms with Crippen molar-refractivity contribution in [1.82, 2.24) is 0 Å². The van der Waals surface area contributed by atoms with E-state index in [0.717, 1.165) is 19.4 Å². The first-order chi connectivity index (χ1) is 5.92. The van der Waals surface area contributed by atoms with Gasteiger partial charge in [-0.1, -0.05) is 13.8 Å². The third kappa shape index (κ3) is 2.23. The molecule has 0 saturated carbocycles. The van der Waals surface area contributed by atoms with Crippen LogP contribution in [0.1, 0.15) is 47.0 Å². The highest BCUT2D eigenvalue weighted by Crippen LogP contribution is 2.43. The molecule has 0 bridgehead atoms. The summed E-state index contributed by atoms with van der Waals surface area (Å²) in [6, 6.07) is 0. The molecule has 2 atom stereocenters. The SMILES string of the molecule is CC(C)C1(C)CCC(C)(CCN)O1. The molecule has 2 nitrogen and oxygen atoms in total. The van der Waals surface area contributed by atoms with Crippen molar-refractivity contribution >= 4 is 0 Å². The van der Waals surface area contributed by atoms with Crippen molar-refractivity contribution in [2.45, 2.75) is 58.2 Å². The van der Waals surface area contributed by atoms with Gasteiger partial charge < -0.3 is 10.5 Å². The Kier molecular flexibility index (Phi) is 3.03. The molecule has 1 saturated heterocycles. The second-order valence-electron chi connectivity index (χ2n) is 5.06. The van der Waals surface area contributed by atoms with E-state index in [-0.39, 0.29) is 11.2 Å². The number of hydrogen-bond donors (Lipinski definition) is 1. The molecule has 0 amide bonds. The zero-order valence-corrected chi connectivity index (χ0v) is 9.39. The molecular weight excluding hydrogens is 162 g/mol. The maximum atomic E-state index is 6.16. The predicted molar refractivity (Wildman–Crippen MR) is 55.6 cm³/mol. The second-order valence-corrected chi connectivity index (χ2v) is 5.06. The van der Waals surface area contributed by atoms with Crippen molar-refractivity contribution in [2.24, 2.45) is 11.7 Å². The Morgan fingerprint density at radius 2 is 1.92 bits per heavy atom. The number of ether oxygens (including phenoxy) is 1. The highest BCUT2D eigenvalue weighted by atomic mass is 16.5. The largest absolute Gasteiger partial charge is 0.369 e. The van der Waals surface area contributed by atoms with E-state index in [2.05, 4.69) is 27.7 Å². The van der Waals surface area contributed by atoms with Gasteiger partial charge in [0.2, 0.25) is 0 Å². The quantitative estimate of drug-likeness (QED) is 0.732. The number of hydrogen-bond acceptors (Lipinski definition) is 2. The molecule has 2 unspecified atom stereocenters. The van der Waals surface area contributed by atoms with Crippen LogP contribution in [-0.4, -0.2) is 17.7 Å². The third-order valence-electron chi connectivity index (χ3n) is 3.52. The molecule has 0 aromatic carbocycles. The zero-order chi connectivity index (χ0) is 10.1. The van der Waals surface area contributed by atoms with Crippen LogP contribution in [0, 0.1) is 5.92 Å². The fraction of sp³-hybridized carbons (Fsp3) is 1.00. The smallest absolute Gasteiger partial charge is 0.0685 e. The van der Waals surface area contributed by atoms with Crippen molar-refractivity contribution < 1.29 is 4.74 Å². The highest BCUT2D eigenvalue weighted by Gasteiger charge is 2.44. The van der Waals surface area contributed by atoms with Crippen LogP contribution in [0.15, 0.2) is 0 Å². The first-order valence-corrected chi connectivity index (χ1v) is 5.32. The summed E-state index contributed by atoms with van der Waals surface area (Å²) in [5.74, 6) is 0.590. The Hall–Kier alpha value is -0.0800. The Morgan fingerprint density at radius 1 is 1.31 bits per heavy atom. The fourth-order valence-electron chi connectivity index (χ4n) is 2.07. The van der Waals surface area contributed by atoms with E-state index in [9.17, 15) is 0 Å². The number of nitrogens with two attached hydrogens (primary N) is 1. The minimum absolute atomic E-state index is 0.0355. The van der Waals surface area contributed by atoms with Gasteiger partial charge in [-0.25, -0.2) is 0 Å². The summed E-state index contributed by atoms with van der Waals surface area (Å²) in [4.78, 5) is 0. The lowest BCUT2D eigenvalue weighted by Crippen LogP contribution is -2.36. The van der Waals surface area contributed by atoms with Gasteiger partial charge in [0.1, 0.15) is 0 Å². The topological polar surface area (TPSA) is 35.2 Å². The lowest BCUT2D eigenvalue weighted by atomic mass is 9.88. The van der Waals surface area contributed by atoms with E-state index in [0.29, 0.717) is 5.92 Å². The van der Waals surface area contributed by atoms with E-state index in [1.54, 1.807) is 0 Å². The van der Waals surface area contributed by atoms with Crippen LogP contribution >= 0.6 is 0 Å². The van der Waals surface area contributed by atoms with Crippen LogP contribution < -0.4 is 5.73 Å². The molecule has 13 heavy (non-hydrogen) atoms. The van der Waals surface area contributed by atoms with Gasteiger partial charge in [-0.15, -0.1) is 0 Å². The van der Waals surface area contributed by atoms with Gasteiger partial charge >= 0.3 is 0 Å². The summed E-state index contributed by atoms with van der Waals surface area (Å²) in [7, 11) is 0. The minimum atomic E-state index is 0.0355. The van der Waals surface area contributed by atoms with Crippen LogP contribution in [0.5, 0.6) is 0 Å². The molecule has 1 aliphatic heterocycles. The van der Waals surface area contributed by atoms with E-state index in [1.165, 1.54) is 6.42 Å². The molecule has 0 aromatic rings. The summed E-state index contributed by atoms with van der Waals surface area (Å²) in [5.41, 5.74) is 5.69. The molecular formula is C11H23NO. The normalized spacial score (nSPS) is 40.2. The van der Waals surface area contributed by atoms with Crippen LogP contribution in [0.25, 0.3) is 0 Å². The average molecular weight is 185 g/mol. The Bertz CT molecular complexity index is 181. The van der Waals surface area contributed by atoms with Gasteiger partial charge in [0.15, 0.2) is 0 Å². The van der Waals surface area contributed by atoms with E-state index in [1.807, 2.05) is 0 Å². The van der Waals surface area contributed by atoms with Gasteiger partial charge in [0, 0.05) is 0 Å². The minimum Gasteiger partial charge on any atom is -0.369 e. The first-order valence-electron chi connectivity index (χ1n) is 5.32. The second kappa shape index (κ2) is 3.58. The maximum absolute atomic E-state index is 6.16. The van der Waals surface area contributed by atoms with E-state index in [4.69, 9.17) is 10.5 Å². The average Bonchev–Trinajstić information content (AvgIpc) is 2.30. The van der Waals surface area contributed by atoms with Crippen molar-refractivity contribution in [3.05, 3.63) is 0 Å². The van der Waals surface area contributed by atoms with Crippen molar-refractivity contribution in [1.29, 1.82) is 0 Å². The molecule has 0 radical (unpaired) electrons. The van der Waals surface area contributed by atoms with Gasteiger partial charge in [-0.3, -0.25) is 0 Å². The summed E-state index contributed by atoms with van der Waals surface area (Å²) in [5, 5.41) is 0. The molecule has 0 spiro atoms. The number of rotatable bonds is 3. The third-order valence-corrected chi connectivity index (χ3v) is 3.52. The lowest BCUT2D eigenvalue weighted by Gasteiger charge is -2.33. The molecule has 0 aliphatic carbocycles. The standard InChI is InChI=1S/C11H23NO/c1-9(2)11(4)6-5-10(3,13-11)7-8-12/h9H,5-8,12H2,1-4H3. The van der Waals surface area contributed by atoms with Crippen molar-refractivity contribution in [3.63, 3.8) is 0 Å². The van der Waals surface area contributed by atoms with E-state index < -0.39 is 0 Å². The van der Waals surface area contributed by atoms with Crippen LogP contribution in [0.3, 0.4) is 0 Å². The maximum Gasteiger partial charge on any atom is 0.0685 e. The first kappa shape index (κ1) is 11.0. The van der Waals surface area contributed by atoms with Gasteiger partial charge in [0.05, 0.1) is 11.2 Å². The molecule has 78 valence electrons. The lowest BCUT2D eigenvalue weighted by molar-refractivity contribution is -0.109. The summed E-state index contributed by atoms with van der Waals surface area (Å²) in [6.45, 7) is 9.60. The summed E-state index contributed by atoms with van der Waals surface area (Å²) >= 11 is 0. The molecule has 2 N–H and O–H groups in total. The zero-order valence-electron chi connectivity index (χ0n) is 9.39. The molecule has 1 heterocycles. The monoisotopic (exact) mass is 185 g/mol. The van der Waals surface area contributed by atoms with Gasteiger partial charge in [-0.05, 0) is 45.6 Å². The van der Waals surface area contributed by atoms with Crippen molar-refractivity contribution in [3.8, 4) is 0 Å².